The van der Waals surface area contributed by atoms with Gasteiger partial charge in [0.2, 0.25) is 0 Å². The molecule has 10 rings (SSSR count). The summed E-state index contributed by atoms with van der Waals surface area (Å²) in [4.78, 5) is 3.53. The summed E-state index contributed by atoms with van der Waals surface area (Å²) in [5.41, 5.74) is 6.16. The first-order valence-electron chi connectivity index (χ1n) is 23.0. The van der Waals surface area contributed by atoms with E-state index < -0.39 is 23.3 Å². The molecule has 0 amide bonds. The third kappa shape index (κ3) is 7.82. The maximum Gasteiger partial charge on any atom is 0.150 e. The average Bonchev–Trinajstić information content (AvgIpc) is 3.35. The lowest BCUT2D eigenvalue weighted by molar-refractivity contribution is 0.580. The zero-order chi connectivity index (χ0) is 49.2. The van der Waals surface area contributed by atoms with Crippen molar-refractivity contribution in [1.82, 2.24) is 0 Å². The number of anilines is 6. The monoisotopic (exact) mass is 922 g/mol. The first kappa shape index (κ1) is 45.3. The van der Waals surface area contributed by atoms with Crippen LogP contribution in [0.25, 0.3) is 54.6 Å². The number of hydrogen-bond acceptors (Lipinski definition) is 4. The minimum absolute atomic E-state index is 0.100. The van der Waals surface area contributed by atoms with Crippen LogP contribution >= 0.6 is 0 Å². The molecule has 0 aliphatic heterocycles. The largest absolute Gasteiger partial charge is 0.307 e. The Hall–Kier alpha value is -8.46. The molecule has 0 aromatic heterocycles. The van der Waals surface area contributed by atoms with Crippen LogP contribution in [0.2, 0.25) is 0 Å². The van der Waals surface area contributed by atoms with Gasteiger partial charge in [-0.15, -0.1) is 0 Å². The molecule has 0 unspecified atom stereocenters. The summed E-state index contributed by atoms with van der Waals surface area (Å²) in [7, 11) is 0. The van der Waals surface area contributed by atoms with Crippen molar-refractivity contribution in [3.63, 3.8) is 0 Å². The van der Waals surface area contributed by atoms with E-state index in [0.717, 1.165) is 55.6 Å². The lowest BCUT2D eigenvalue weighted by Crippen LogP contribution is -2.15. The molecule has 0 saturated heterocycles. The molecule has 0 heterocycles. The second-order valence-electron chi connectivity index (χ2n) is 19.7. The van der Waals surface area contributed by atoms with Crippen molar-refractivity contribution in [2.24, 2.45) is 0 Å². The van der Waals surface area contributed by atoms with Gasteiger partial charge in [-0.1, -0.05) is 126 Å². The van der Waals surface area contributed by atoms with Crippen molar-refractivity contribution in [3.8, 4) is 34.4 Å². The van der Waals surface area contributed by atoms with Gasteiger partial charge < -0.3 is 9.80 Å². The highest BCUT2D eigenvalue weighted by Crippen LogP contribution is 2.50. The Kier molecular flexibility index (Phi) is 11.2. The molecule has 342 valence electrons. The van der Waals surface area contributed by atoms with Gasteiger partial charge in [0.15, 0.2) is 0 Å². The summed E-state index contributed by atoms with van der Waals surface area (Å²) in [5.74, 6) is -2.96. The Balaban J connectivity index is 1.23. The van der Waals surface area contributed by atoms with Crippen molar-refractivity contribution in [3.05, 3.63) is 215 Å². The molecular formula is C62H46F4N4. The zero-order valence-corrected chi connectivity index (χ0v) is 39.5. The quantitative estimate of drug-likeness (QED) is 0.113. The van der Waals surface area contributed by atoms with Crippen molar-refractivity contribution in [2.75, 3.05) is 9.80 Å². The predicted molar refractivity (Wildman–Crippen MR) is 277 cm³/mol. The minimum Gasteiger partial charge on any atom is -0.307 e. The van der Waals surface area contributed by atoms with Crippen molar-refractivity contribution < 1.29 is 17.6 Å². The number of nitriles is 2. The van der Waals surface area contributed by atoms with Crippen molar-refractivity contribution in [2.45, 2.75) is 52.4 Å². The number of halogens is 4. The average molecular weight is 923 g/mol. The van der Waals surface area contributed by atoms with E-state index in [0.29, 0.717) is 45.0 Å². The van der Waals surface area contributed by atoms with Crippen LogP contribution in [0, 0.1) is 45.9 Å². The van der Waals surface area contributed by atoms with Crippen LogP contribution in [0.1, 0.15) is 63.8 Å². The number of benzene rings is 10. The maximum absolute atomic E-state index is 16.8. The molecule has 0 aliphatic carbocycles. The normalized spacial score (nSPS) is 11.8. The molecule has 70 heavy (non-hydrogen) atoms. The van der Waals surface area contributed by atoms with E-state index in [1.54, 1.807) is 70.5 Å². The highest BCUT2D eigenvalue weighted by Gasteiger charge is 2.29. The molecule has 0 aliphatic rings. The summed E-state index contributed by atoms with van der Waals surface area (Å²) < 4.78 is 66.1. The van der Waals surface area contributed by atoms with Gasteiger partial charge in [0, 0.05) is 45.4 Å². The molecule has 10 aromatic rings. The Labute approximate surface area is 404 Å². The second-order valence-corrected chi connectivity index (χ2v) is 19.7. The molecule has 0 atom stereocenters. The van der Waals surface area contributed by atoms with E-state index in [1.807, 2.05) is 97.1 Å². The first-order valence-corrected chi connectivity index (χ1v) is 23.0. The third-order valence-electron chi connectivity index (χ3n) is 13.2. The van der Waals surface area contributed by atoms with E-state index in [9.17, 15) is 10.5 Å². The van der Waals surface area contributed by atoms with Crippen molar-refractivity contribution >= 4 is 66.4 Å². The van der Waals surface area contributed by atoms with E-state index in [-0.39, 0.29) is 33.3 Å². The predicted octanol–water partition coefficient (Wildman–Crippen LogP) is 17.8. The lowest BCUT2D eigenvalue weighted by Gasteiger charge is -2.30. The lowest BCUT2D eigenvalue weighted by atomic mass is 9.81. The van der Waals surface area contributed by atoms with Gasteiger partial charge in [-0.3, -0.25) is 0 Å². The van der Waals surface area contributed by atoms with Crippen LogP contribution < -0.4 is 9.80 Å². The van der Waals surface area contributed by atoms with Gasteiger partial charge in [0.1, 0.15) is 23.3 Å². The van der Waals surface area contributed by atoms with Gasteiger partial charge in [-0.2, -0.15) is 10.5 Å². The molecule has 0 spiro atoms. The van der Waals surface area contributed by atoms with Crippen LogP contribution in [0.15, 0.2) is 170 Å². The van der Waals surface area contributed by atoms with Crippen LogP contribution in [0.3, 0.4) is 0 Å². The van der Waals surface area contributed by atoms with Crippen LogP contribution in [-0.2, 0) is 10.8 Å². The van der Waals surface area contributed by atoms with Gasteiger partial charge in [-0.25, -0.2) is 17.6 Å². The molecule has 0 bridgehead atoms. The highest BCUT2D eigenvalue weighted by molar-refractivity contribution is 6.28. The topological polar surface area (TPSA) is 54.1 Å². The summed E-state index contributed by atoms with van der Waals surface area (Å²) in [5, 5.41) is 24.5. The third-order valence-corrected chi connectivity index (χ3v) is 13.2. The molecule has 8 heteroatoms. The molecule has 10 aromatic carbocycles. The first-order chi connectivity index (χ1) is 33.5. The highest BCUT2D eigenvalue weighted by atomic mass is 19.1. The molecule has 4 nitrogen and oxygen atoms in total. The van der Waals surface area contributed by atoms with Gasteiger partial charge in [0.25, 0.3) is 0 Å². The molecule has 0 N–H and O–H groups in total. The molecule has 0 radical (unpaired) electrons. The SMILES string of the molecule is CC(C)(C)c1ccccc1-c1cc(N(c2ccc(C#N)cc2)c2ccc3ccc4c(N(c5ccc(C#N)cc5)c5cc(-c6ccccc6C(C)(C)C)c(F)cc5F)ccc5ccc2c3c54)c(F)cc1F. The Morgan fingerprint density at radius 1 is 0.371 bits per heavy atom. The van der Waals surface area contributed by atoms with E-state index in [4.69, 9.17) is 0 Å². The van der Waals surface area contributed by atoms with Crippen molar-refractivity contribution in [1.29, 1.82) is 10.5 Å². The van der Waals surface area contributed by atoms with Crippen LogP contribution in [0.4, 0.5) is 51.7 Å². The van der Waals surface area contributed by atoms with E-state index in [1.165, 1.54) is 0 Å². The molecule has 0 saturated carbocycles. The fourth-order valence-corrected chi connectivity index (χ4v) is 9.92. The van der Waals surface area contributed by atoms with Crippen LogP contribution in [0.5, 0.6) is 0 Å². The summed E-state index contributed by atoms with van der Waals surface area (Å²) in [6, 6.07) is 53.9. The van der Waals surface area contributed by atoms with Gasteiger partial charge in [0.05, 0.1) is 46.0 Å². The summed E-state index contributed by atoms with van der Waals surface area (Å²) in [6.45, 7) is 12.3. The molecule has 0 fully saturated rings. The summed E-state index contributed by atoms with van der Waals surface area (Å²) >= 11 is 0. The number of nitrogens with zero attached hydrogens (tertiary/aromatic N) is 4. The smallest absolute Gasteiger partial charge is 0.150 e. The maximum atomic E-state index is 16.8. The Morgan fingerprint density at radius 2 is 0.729 bits per heavy atom. The van der Waals surface area contributed by atoms with E-state index in [2.05, 4.69) is 53.7 Å². The van der Waals surface area contributed by atoms with Gasteiger partial charge in [-0.05, 0) is 127 Å². The summed E-state index contributed by atoms with van der Waals surface area (Å²) in [6.07, 6.45) is 0. The van der Waals surface area contributed by atoms with Crippen LogP contribution in [-0.4, -0.2) is 0 Å². The number of hydrogen-bond donors (Lipinski definition) is 0. The van der Waals surface area contributed by atoms with Gasteiger partial charge >= 0.3 is 0 Å². The zero-order valence-electron chi connectivity index (χ0n) is 39.5. The number of rotatable bonds is 8. The standard InChI is InChI=1S/C62H46F4N4/c1-61(2,3)49-13-9-7-11-43(49)47-31-57(53(65)33-51(47)63)69(41-23-15-37(35-67)16-24-41)55-29-21-39-20-28-46-56(30-22-40-19-27-45(55)59(39)60(40)46)70(42-25-17-38(36-68)18-26-42)58-32-48(52(64)34-54(58)66)44-12-8-10-14-50(44)62(4,5)6/h7-34H,1-6H3. The Bertz CT molecular complexity index is 3510. The molecular weight excluding hydrogens is 877 g/mol. The van der Waals surface area contributed by atoms with E-state index >= 15 is 17.6 Å². The fraction of sp³-hybridized carbons (Fsp3) is 0.129. The minimum atomic E-state index is -0.782. The fourth-order valence-electron chi connectivity index (χ4n) is 9.92. The second kappa shape index (κ2) is 17.3. The Morgan fingerprint density at radius 3 is 1.09 bits per heavy atom.